The summed E-state index contributed by atoms with van der Waals surface area (Å²) in [5, 5.41) is 0. The fraction of sp³-hybridized carbons (Fsp3) is 0.182. The first-order valence-corrected chi connectivity index (χ1v) is 8.33. The van der Waals surface area contributed by atoms with Crippen molar-refractivity contribution in [1.29, 1.82) is 0 Å². The van der Waals surface area contributed by atoms with E-state index < -0.39 is 0 Å². The highest BCUT2D eigenvalue weighted by atomic mass is 16.2. The highest BCUT2D eigenvalue weighted by Crippen LogP contribution is 2.29. The first-order valence-electron chi connectivity index (χ1n) is 8.33. The van der Waals surface area contributed by atoms with E-state index in [9.17, 15) is 0 Å². The van der Waals surface area contributed by atoms with Gasteiger partial charge < -0.3 is 4.90 Å². The molecule has 0 spiro atoms. The summed E-state index contributed by atoms with van der Waals surface area (Å²) in [5.74, 6) is 0. The van der Waals surface area contributed by atoms with Gasteiger partial charge in [0.1, 0.15) is 0 Å². The molecule has 132 valence electrons. The molecule has 4 nitrogen and oxygen atoms in total. The Morgan fingerprint density at radius 2 is 1.65 bits per heavy atom. The fourth-order valence-electron chi connectivity index (χ4n) is 2.86. The highest BCUT2D eigenvalue weighted by Gasteiger charge is 2.08. The lowest BCUT2D eigenvalue weighted by molar-refractivity contribution is -0.191. The number of hydrogen-bond donors (Lipinski definition) is 0. The largest absolute Gasteiger partial charge is 0.373 e. The summed E-state index contributed by atoms with van der Waals surface area (Å²) < 4.78 is 0. The van der Waals surface area contributed by atoms with Gasteiger partial charge in [-0.3, -0.25) is 4.98 Å². The molecule has 0 radical (unpaired) electrons. The molecule has 1 aromatic heterocycles. The zero-order chi connectivity index (χ0) is 18.9. The second-order valence-electron chi connectivity index (χ2n) is 6.13. The Labute approximate surface area is 154 Å². The molecule has 3 aromatic rings. The van der Waals surface area contributed by atoms with Gasteiger partial charge >= 0.3 is 6.15 Å². The van der Waals surface area contributed by atoms with Crippen LogP contribution in [-0.2, 0) is 16.1 Å². The van der Waals surface area contributed by atoms with Gasteiger partial charge in [-0.2, -0.15) is 9.59 Å². The third-order valence-corrected chi connectivity index (χ3v) is 4.08. The lowest BCUT2D eigenvalue weighted by Crippen LogP contribution is -2.17. The minimum absolute atomic E-state index is 0.250. The van der Waals surface area contributed by atoms with Crippen LogP contribution in [-0.4, -0.2) is 18.2 Å². The zero-order valence-corrected chi connectivity index (χ0v) is 15.3. The molecule has 0 aliphatic carbocycles. The summed E-state index contributed by atoms with van der Waals surface area (Å²) in [5.41, 5.74) is 7.43. The molecule has 0 atom stereocenters. The van der Waals surface area contributed by atoms with Crippen molar-refractivity contribution in [2.75, 3.05) is 11.9 Å². The second-order valence-corrected chi connectivity index (χ2v) is 6.13. The van der Waals surface area contributed by atoms with E-state index in [1.807, 2.05) is 18.3 Å². The van der Waals surface area contributed by atoms with Crippen molar-refractivity contribution in [2.24, 2.45) is 0 Å². The molecule has 0 amide bonds. The van der Waals surface area contributed by atoms with Crippen LogP contribution in [0.1, 0.15) is 16.8 Å². The van der Waals surface area contributed by atoms with Crippen molar-refractivity contribution in [3.8, 4) is 11.1 Å². The summed E-state index contributed by atoms with van der Waals surface area (Å²) in [6, 6.07) is 21.3. The molecule has 3 rings (SSSR count). The molecule has 0 N–H and O–H groups in total. The molecular weight excluding hydrogens is 324 g/mol. The molecule has 0 saturated heterocycles. The first kappa shape index (κ1) is 19.1. The maximum atomic E-state index is 8.12. The maximum absolute atomic E-state index is 8.12. The van der Waals surface area contributed by atoms with Gasteiger partial charge in [-0.1, -0.05) is 36.4 Å². The van der Waals surface area contributed by atoms with Crippen LogP contribution < -0.4 is 4.90 Å². The van der Waals surface area contributed by atoms with E-state index in [1.54, 1.807) is 0 Å². The van der Waals surface area contributed by atoms with Crippen LogP contribution in [0.25, 0.3) is 11.1 Å². The lowest BCUT2D eigenvalue weighted by atomic mass is 9.98. The predicted octanol–water partition coefficient (Wildman–Crippen LogP) is 4.42. The van der Waals surface area contributed by atoms with Gasteiger partial charge in [0.15, 0.2) is 0 Å². The van der Waals surface area contributed by atoms with E-state index in [4.69, 9.17) is 9.59 Å². The van der Waals surface area contributed by atoms with Crippen LogP contribution in [0.3, 0.4) is 0 Å². The molecule has 0 aliphatic rings. The number of rotatable bonds is 4. The Morgan fingerprint density at radius 1 is 0.962 bits per heavy atom. The monoisotopic (exact) mass is 346 g/mol. The molecule has 2 aromatic carbocycles. The van der Waals surface area contributed by atoms with E-state index >= 15 is 0 Å². The number of hydrogen-bond acceptors (Lipinski definition) is 4. The normalized spacial score (nSPS) is 9.65. The highest BCUT2D eigenvalue weighted by molar-refractivity contribution is 5.72. The fourth-order valence-corrected chi connectivity index (χ4v) is 2.86. The number of aryl methyl sites for hydroxylation is 2. The van der Waals surface area contributed by atoms with Crippen molar-refractivity contribution >= 4 is 11.8 Å². The van der Waals surface area contributed by atoms with Crippen molar-refractivity contribution in [3.63, 3.8) is 0 Å². The standard InChI is InChI=1S/C21H22N2.CO2/c1-16-12-18(21-10-5-4-8-17(21)2)14-20(13-16)23(3)15-19-9-6-7-11-22-19;2-1-3/h4-14H,15H2,1-3H3;. The van der Waals surface area contributed by atoms with Crippen LogP contribution in [0.4, 0.5) is 5.69 Å². The molecule has 4 heteroatoms. The molecular formula is C22H22N2O2. The van der Waals surface area contributed by atoms with E-state index in [2.05, 4.69) is 79.3 Å². The number of anilines is 1. The van der Waals surface area contributed by atoms with Gasteiger partial charge in [0, 0.05) is 18.9 Å². The molecule has 0 aliphatic heterocycles. The number of pyridine rings is 1. The molecule has 0 unspecified atom stereocenters. The summed E-state index contributed by atoms with van der Waals surface area (Å²) in [4.78, 5) is 22.9. The average Bonchev–Trinajstić information content (AvgIpc) is 2.63. The van der Waals surface area contributed by atoms with Crippen LogP contribution in [0, 0.1) is 13.8 Å². The first-order chi connectivity index (χ1) is 12.5. The van der Waals surface area contributed by atoms with Gasteiger partial charge in [0.25, 0.3) is 0 Å². The number of carbonyl (C=O) groups excluding carboxylic acids is 2. The quantitative estimate of drug-likeness (QED) is 0.702. The maximum Gasteiger partial charge on any atom is 0.373 e. The molecule has 26 heavy (non-hydrogen) atoms. The van der Waals surface area contributed by atoms with Crippen molar-refractivity contribution < 1.29 is 9.59 Å². The van der Waals surface area contributed by atoms with Gasteiger partial charge in [-0.25, -0.2) is 0 Å². The zero-order valence-electron chi connectivity index (χ0n) is 15.3. The van der Waals surface area contributed by atoms with Crippen LogP contribution >= 0.6 is 0 Å². The summed E-state index contributed by atoms with van der Waals surface area (Å²) >= 11 is 0. The minimum Gasteiger partial charge on any atom is -0.369 e. The smallest absolute Gasteiger partial charge is 0.369 e. The number of benzene rings is 2. The topological polar surface area (TPSA) is 50.3 Å². The van der Waals surface area contributed by atoms with E-state index in [-0.39, 0.29) is 6.15 Å². The lowest BCUT2D eigenvalue weighted by Gasteiger charge is -2.21. The molecule has 0 saturated carbocycles. The Hall–Kier alpha value is -3.23. The minimum atomic E-state index is 0.250. The number of nitrogens with zero attached hydrogens (tertiary/aromatic N) is 2. The van der Waals surface area contributed by atoms with Gasteiger partial charge in [-0.05, 0) is 60.4 Å². The van der Waals surface area contributed by atoms with Crippen molar-refractivity contribution in [1.82, 2.24) is 4.98 Å². The SMILES string of the molecule is Cc1cc(-c2ccccc2C)cc(N(C)Cc2ccccn2)c1.O=C=O. The van der Waals surface area contributed by atoms with E-state index in [0.29, 0.717) is 0 Å². The second kappa shape index (κ2) is 9.30. The molecule has 1 heterocycles. The van der Waals surface area contributed by atoms with Gasteiger partial charge in [0.2, 0.25) is 0 Å². The summed E-state index contributed by atoms with van der Waals surface area (Å²) in [7, 11) is 2.12. The molecule has 0 bridgehead atoms. The van der Waals surface area contributed by atoms with Crippen LogP contribution in [0.2, 0.25) is 0 Å². The Kier molecular flexibility index (Phi) is 6.84. The van der Waals surface area contributed by atoms with Crippen LogP contribution in [0.15, 0.2) is 66.9 Å². The van der Waals surface area contributed by atoms with E-state index in [1.165, 1.54) is 27.9 Å². The van der Waals surface area contributed by atoms with Crippen molar-refractivity contribution in [3.05, 3.63) is 83.7 Å². The van der Waals surface area contributed by atoms with Crippen molar-refractivity contribution in [2.45, 2.75) is 20.4 Å². The van der Waals surface area contributed by atoms with Crippen LogP contribution in [0.5, 0.6) is 0 Å². The van der Waals surface area contributed by atoms with Gasteiger partial charge in [-0.15, -0.1) is 0 Å². The Morgan fingerprint density at radius 3 is 2.31 bits per heavy atom. The summed E-state index contributed by atoms with van der Waals surface area (Å²) in [6.45, 7) is 5.12. The average molecular weight is 346 g/mol. The third-order valence-electron chi connectivity index (χ3n) is 4.08. The molecule has 0 fully saturated rings. The predicted molar refractivity (Wildman–Crippen MR) is 103 cm³/mol. The number of aromatic nitrogens is 1. The third kappa shape index (κ3) is 5.13. The van der Waals surface area contributed by atoms with E-state index in [0.717, 1.165) is 12.2 Å². The Bertz CT molecular complexity index is 886. The van der Waals surface area contributed by atoms with Gasteiger partial charge in [0.05, 0.1) is 12.2 Å². The summed E-state index contributed by atoms with van der Waals surface area (Å²) in [6.07, 6.45) is 2.10. The Balaban J connectivity index is 0.000000758.